The summed E-state index contributed by atoms with van der Waals surface area (Å²) < 4.78 is 5.47. The second-order valence-corrected chi connectivity index (χ2v) is 7.73. The summed E-state index contributed by atoms with van der Waals surface area (Å²) >= 11 is 1.57. The van der Waals surface area contributed by atoms with E-state index in [4.69, 9.17) is 4.74 Å². The molecule has 1 unspecified atom stereocenters. The first kappa shape index (κ1) is 21.2. The molecule has 148 valence electrons. The number of non-ortho nitro benzene ring substituents is 1. The van der Waals surface area contributed by atoms with Gasteiger partial charge in [-0.1, -0.05) is 25.3 Å². The maximum atomic E-state index is 12.5. The molecule has 1 aliphatic carbocycles. The van der Waals surface area contributed by atoms with Gasteiger partial charge in [0.05, 0.1) is 11.5 Å². The van der Waals surface area contributed by atoms with Crippen LogP contribution in [0.1, 0.15) is 48.9 Å². The van der Waals surface area contributed by atoms with Crippen molar-refractivity contribution < 1.29 is 19.2 Å². The number of benzene rings is 1. The third kappa shape index (κ3) is 6.86. The van der Waals surface area contributed by atoms with Gasteiger partial charge in [-0.05, 0) is 43.3 Å². The lowest BCUT2D eigenvalue weighted by molar-refractivity contribution is -0.384. The molecule has 1 aliphatic rings. The largest absolute Gasteiger partial charge is 0.464 e. The van der Waals surface area contributed by atoms with Gasteiger partial charge in [-0.2, -0.15) is 11.8 Å². The zero-order chi connectivity index (χ0) is 19.6. The summed E-state index contributed by atoms with van der Waals surface area (Å²) in [6.07, 6.45) is 8.09. The van der Waals surface area contributed by atoms with Gasteiger partial charge in [0.25, 0.3) is 11.6 Å². The van der Waals surface area contributed by atoms with Crippen LogP contribution in [0.5, 0.6) is 0 Å². The number of hydrogen-bond donors (Lipinski definition) is 1. The van der Waals surface area contributed by atoms with Crippen LogP contribution in [0.2, 0.25) is 0 Å². The summed E-state index contributed by atoms with van der Waals surface area (Å²) in [4.78, 5) is 35.3. The summed E-state index contributed by atoms with van der Waals surface area (Å²) in [5.41, 5.74) is -0.0124. The van der Waals surface area contributed by atoms with Gasteiger partial charge in [-0.3, -0.25) is 14.9 Å². The van der Waals surface area contributed by atoms with Crippen LogP contribution in [0.3, 0.4) is 0 Å². The van der Waals surface area contributed by atoms with Gasteiger partial charge < -0.3 is 10.1 Å². The molecule has 1 aromatic rings. The summed E-state index contributed by atoms with van der Waals surface area (Å²) in [6, 6.07) is 4.70. The third-order valence-corrected chi connectivity index (χ3v) is 5.35. The Kier molecular flexibility index (Phi) is 8.57. The molecule has 1 aromatic carbocycles. The molecule has 27 heavy (non-hydrogen) atoms. The van der Waals surface area contributed by atoms with E-state index in [1.54, 1.807) is 11.8 Å². The van der Waals surface area contributed by atoms with Gasteiger partial charge >= 0.3 is 5.97 Å². The maximum absolute atomic E-state index is 12.5. The van der Waals surface area contributed by atoms with Gasteiger partial charge in [0.15, 0.2) is 0 Å². The highest BCUT2D eigenvalue weighted by atomic mass is 32.2. The zero-order valence-electron chi connectivity index (χ0n) is 15.5. The molecule has 0 spiro atoms. The van der Waals surface area contributed by atoms with Gasteiger partial charge in [-0.15, -0.1) is 0 Å². The first-order valence-electron chi connectivity index (χ1n) is 9.22. The van der Waals surface area contributed by atoms with Crippen LogP contribution in [0.25, 0.3) is 0 Å². The smallest absolute Gasteiger partial charge is 0.328 e. The Morgan fingerprint density at radius 2 is 2.07 bits per heavy atom. The predicted octanol–water partition coefficient (Wildman–Crippen LogP) is 3.57. The number of hydrogen-bond acceptors (Lipinski definition) is 6. The van der Waals surface area contributed by atoms with Crippen molar-refractivity contribution >= 4 is 29.3 Å². The molecular formula is C19H26N2O5S. The number of ether oxygens (including phenoxy) is 1. The molecule has 0 aliphatic heterocycles. The van der Waals surface area contributed by atoms with E-state index >= 15 is 0 Å². The minimum absolute atomic E-state index is 0.151. The third-order valence-electron chi connectivity index (χ3n) is 4.71. The number of rotatable bonds is 9. The number of carbonyl (C=O) groups is 2. The fourth-order valence-corrected chi connectivity index (χ4v) is 3.61. The molecule has 2 rings (SSSR count). The number of esters is 1. The number of nitro benzene ring substituents is 1. The Bertz CT molecular complexity index is 661. The lowest BCUT2D eigenvalue weighted by Crippen LogP contribution is -2.42. The van der Waals surface area contributed by atoms with Crippen molar-refractivity contribution in [1.82, 2.24) is 5.32 Å². The molecule has 1 saturated carbocycles. The molecule has 7 nitrogen and oxygen atoms in total. The van der Waals surface area contributed by atoms with Crippen LogP contribution < -0.4 is 5.32 Å². The summed E-state index contributed by atoms with van der Waals surface area (Å²) in [7, 11) is 0. The Balaban J connectivity index is 1.97. The fourth-order valence-electron chi connectivity index (χ4n) is 3.14. The van der Waals surface area contributed by atoms with Crippen LogP contribution in [-0.4, -0.2) is 41.5 Å². The number of amides is 1. The molecule has 0 radical (unpaired) electrons. The van der Waals surface area contributed by atoms with Crippen molar-refractivity contribution in [3.63, 3.8) is 0 Å². The van der Waals surface area contributed by atoms with Gasteiger partial charge in [0.2, 0.25) is 0 Å². The molecule has 1 fully saturated rings. The van der Waals surface area contributed by atoms with Gasteiger partial charge in [0, 0.05) is 17.7 Å². The van der Waals surface area contributed by atoms with E-state index in [1.807, 2.05) is 6.26 Å². The van der Waals surface area contributed by atoms with Crippen molar-refractivity contribution in [1.29, 1.82) is 0 Å². The monoisotopic (exact) mass is 394 g/mol. The Morgan fingerprint density at radius 3 is 2.74 bits per heavy atom. The lowest BCUT2D eigenvalue weighted by Gasteiger charge is -2.23. The van der Waals surface area contributed by atoms with Gasteiger partial charge in [0.1, 0.15) is 6.04 Å². The lowest BCUT2D eigenvalue weighted by atomic mass is 9.90. The highest BCUT2D eigenvalue weighted by Gasteiger charge is 2.25. The number of carbonyl (C=O) groups excluding carboxylic acids is 2. The highest BCUT2D eigenvalue weighted by Crippen LogP contribution is 2.24. The second-order valence-electron chi connectivity index (χ2n) is 6.75. The molecule has 1 atom stereocenters. The van der Waals surface area contributed by atoms with Crippen molar-refractivity contribution in [3.05, 3.63) is 39.9 Å². The SMILES string of the molecule is CSCCC(NC(=O)c1cccc([N+](=O)[O-])c1)C(=O)OCC1CCCCC1. The van der Waals surface area contributed by atoms with Crippen molar-refractivity contribution in [3.8, 4) is 0 Å². The molecular weight excluding hydrogens is 368 g/mol. The van der Waals surface area contributed by atoms with Crippen LogP contribution in [0.4, 0.5) is 5.69 Å². The van der Waals surface area contributed by atoms with Crippen molar-refractivity contribution in [2.45, 2.75) is 44.6 Å². The minimum Gasteiger partial charge on any atom is -0.464 e. The Hall–Kier alpha value is -2.09. The van der Waals surface area contributed by atoms with E-state index in [-0.39, 0.29) is 11.3 Å². The van der Waals surface area contributed by atoms with Crippen molar-refractivity contribution in [2.75, 3.05) is 18.6 Å². The first-order chi connectivity index (χ1) is 13.0. The quantitative estimate of drug-likeness (QED) is 0.390. The van der Waals surface area contributed by atoms with E-state index in [2.05, 4.69) is 5.32 Å². The number of nitrogens with zero attached hydrogens (tertiary/aromatic N) is 1. The molecule has 0 heterocycles. The molecule has 1 amide bonds. The van der Waals surface area contributed by atoms with Gasteiger partial charge in [-0.25, -0.2) is 4.79 Å². The van der Waals surface area contributed by atoms with E-state index < -0.39 is 22.8 Å². The Labute approximate surface area is 163 Å². The highest BCUT2D eigenvalue weighted by molar-refractivity contribution is 7.98. The number of thioether (sulfide) groups is 1. The molecule has 8 heteroatoms. The predicted molar refractivity (Wildman–Crippen MR) is 105 cm³/mol. The van der Waals surface area contributed by atoms with Crippen LogP contribution in [0.15, 0.2) is 24.3 Å². The van der Waals surface area contributed by atoms with E-state index in [1.165, 1.54) is 43.5 Å². The first-order valence-corrected chi connectivity index (χ1v) is 10.6. The molecule has 0 saturated heterocycles. The average molecular weight is 394 g/mol. The normalized spacial score (nSPS) is 15.7. The van der Waals surface area contributed by atoms with Crippen LogP contribution in [-0.2, 0) is 9.53 Å². The topological polar surface area (TPSA) is 98.5 Å². The molecule has 0 aromatic heterocycles. The second kappa shape index (κ2) is 10.9. The fraction of sp³-hybridized carbons (Fsp3) is 0.579. The number of nitro groups is 1. The average Bonchev–Trinajstić information content (AvgIpc) is 2.70. The van der Waals surface area contributed by atoms with E-state index in [9.17, 15) is 19.7 Å². The minimum atomic E-state index is -0.757. The van der Waals surface area contributed by atoms with E-state index in [0.29, 0.717) is 24.7 Å². The summed E-state index contributed by atoms with van der Waals surface area (Å²) in [6.45, 7) is 0.390. The van der Waals surface area contributed by atoms with Crippen molar-refractivity contribution in [2.24, 2.45) is 5.92 Å². The summed E-state index contributed by atoms with van der Waals surface area (Å²) in [5.74, 6) is 0.141. The molecule has 1 N–H and O–H groups in total. The number of nitrogens with one attached hydrogen (secondary N) is 1. The standard InChI is InChI=1S/C19H26N2O5S/c1-27-11-10-17(19(23)26-13-14-6-3-2-4-7-14)20-18(22)15-8-5-9-16(12-15)21(24)25/h5,8-9,12,14,17H,2-4,6-7,10-11,13H2,1H3,(H,20,22). The zero-order valence-corrected chi connectivity index (χ0v) is 16.3. The molecule has 0 bridgehead atoms. The maximum Gasteiger partial charge on any atom is 0.328 e. The van der Waals surface area contributed by atoms with E-state index in [0.717, 1.165) is 12.8 Å². The summed E-state index contributed by atoms with van der Waals surface area (Å²) in [5, 5.41) is 13.6. The van der Waals surface area contributed by atoms with Crippen LogP contribution in [0, 0.1) is 16.0 Å². The van der Waals surface area contributed by atoms with Crippen LogP contribution >= 0.6 is 11.8 Å². The Morgan fingerprint density at radius 1 is 1.33 bits per heavy atom.